The Kier molecular flexibility index (Phi) is 7.82. The summed E-state index contributed by atoms with van der Waals surface area (Å²) in [5.74, 6) is -1.35. The van der Waals surface area contributed by atoms with Crippen LogP contribution in [0.1, 0.15) is 13.3 Å². The van der Waals surface area contributed by atoms with E-state index in [0.29, 0.717) is 18.0 Å². The molecule has 0 bridgehead atoms. The third kappa shape index (κ3) is 7.03. The lowest BCUT2D eigenvalue weighted by Gasteiger charge is -2.35. The fraction of sp³-hybridized carbons (Fsp3) is 0.500. The van der Waals surface area contributed by atoms with Crippen LogP contribution in [0.5, 0.6) is 5.75 Å². The normalized spacial score (nSPS) is 16.5. The number of anilines is 1. The first-order valence-corrected chi connectivity index (χ1v) is 9.13. The standard InChI is InChI=1S/C20H29N3O4/c1-15(2)13-22-7-9-23(10-8-22)14-16(20(25)26)11-19(24)21-17-5-4-6-18(12-17)27-3/h4-6,12,16H,1,7-11,13-14H2,2-3H3,(H,21,24)(H,25,26)/t16-/m1/s1. The van der Waals surface area contributed by atoms with Crippen LogP contribution in [0.3, 0.4) is 0 Å². The molecule has 1 fully saturated rings. The van der Waals surface area contributed by atoms with Crippen molar-refractivity contribution >= 4 is 17.6 Å². The molecule has 2 rings (SSSR count). The van der Waals surface area contributed by atoms with Gasteiger partial charge in [0.2, 0.25) is 5.91 Å². The number of carboxylic acids is 1. The van der Waals surface area contributed by atoms with Gasteiger partial charge in [-0.05, 0) is 19.1 Å². The molecule has 27 heavy (non-hydrogen) atoms. The summed E-state index contributed by atoms with van der Waals surface area (Å²) in [6.45, 7) is 10.6. The van der Waals surface area contributed by atoms with Gasteiger partial charge in [-0.1, -0.05) is 18.2 Å². The Balaban J connectivity index is 1.85. The number of hydrogen-bond donors (Lipinski definition) is 2. The van der Waals surface area contributed by atoms with Crippen molar-refractivity contribution in [2.45, 2.75) is 13.3 Å². The number of hydrogen-bond acceptors (Lipinski definition) is 5. The summed E-state index contributed by atoms with van der Waals surface area (Å²) in [7, 11) is 1.55. The predicted molar refractivity (Wildman–Crippen MR) is 105 cm³/mol. The highest BCUT2D eigenvalue weighted by atomic mass is 16.5. The number of ether oxygens (including phenoxy) is 1. The first-order chi connectivity index (χ1) is 12.9. The van der Waals surface area contributed by atoms with Crippen molar-refractivity contribution < 1.29 is 19.4 Å². The Hall–Kier alpha value is -2.38. The van der Waals surface area contributed by atoms with Gasteiger partial charge in [0.1, 0.15) is 5.75 Å². The summed E-state index contributed by atoms with van der Waals surface area (Å²) >= 11 is 0. The first kappa shape index (κ1) is 20.9. The van der Waals surface area contributed by atoms with E-state index in [1.54, 1.807) is 31.4 Å². The number of methoxy groups -OCH3 is 1. The summed E-state index contributed by atoms with van der Waals surface area (Å²) in [5.41, 5.74) is 1.72. The van der Waals surface area contributed by atoms with Crippen LogP contribution in [0.4, 0.5) is 5.69 Å². The minimum absolute atomic E-state index is 0.0570. The average molecular weight is 375 g/mol. The van der Waals surface area contributed by atoms with Crippen molar-refractivity contribution in [3.63, 3.8) is 0 Å². The molecular weight excluding hydrogens is 346 g/mol. The van der Waals surface area contributed by atoms with E-state index in [1.165, 1.54) is 0 Å². The van der Waals surface area contributed by atoms with Crippen LogP contribution in [0, 0.1) is 5.92 Å². The molecule has 1 atom stereocenters. The number of carboxylic acid groups (broad SMARTS) is 1. The Morgan fingerprint density at radius 1 is 1.26 bits per heavy atom. The van der Waals surface area contributed by atoms with Crippen LogP contribution in [0.2, 0.25) is 0 Å². The topological polar surface area (TPSA) is 82.1 Å². The number of carbonyl (C=O) groups excluding carboxylic acids is 1. The third-order valence-corrected chi connectivity index (χ3v) is 4.57. The maximum absolute atomic E-state index is 12.3. The van der Waals surface area contributed by atoms with E-state index in [0.717, 1.165) is 38.3 Å². The van der Waals surface area contributed by atoms with Crippen molar-refractivity contribution in [2.75, 3.05) is 51.7 Å². The Bertz CT molecular complexity index is 669. The van der Waals surface area contributed by atoms with E-state index in [4.69, 9.17) is 4.74 Å². The zero-order chi connectivity index (χ0) is 19.8. The van der Waals surface area contributed by atoms with E-state index in [2.05, 4.69) is 21.7 Å². The SMILES string of the molecule is C=C(C)CN1CCN(C[C@@H](CC(=O)Nc2cccc(OC)c2)C(=O)O)CC1. The zero-order valence-corrected chi connectivity index (χ0v) is 16.1. The first-order valence-electron chi connectivity index (χ1n) is 9.13. The van der Waals surface area contributed by atoms with Gasteiger partial charge in [0, 0.05) is 57.4 Å². The van der Waals surface area contributed by atoms with Crippen molar-refractivity contribution in [1.82, 2.24) is 9.80 Å². The highest BCUT2D eigenvalue weighted by Gasteiger charge is 2.26. The van der Waals surface area contributed by atoms with Crippen LogP contribution in [0.25, 0.3) is 0 Å². The number of aliphatic carboxylic acids is 1. The smallest absolute Gasteiger partial charge is 0.308 e. The molecule has 148 valence electrons. The summed E-state index contributed by atoms with van der Waals surface area (Å²) in [4.78, 5) is 28.3. The fourth-order valence-electron chi connectivity index (χ4n) is 3.19. The predicted octanol–water partition coefficient (Wildman–Crippen LogP) is 1.92. The van der Waals surface area contributed by atoms with E-state index in [9.17, 15) is 14.7 Å². The van der Waals surface area contributed by atoms with E-state index < -0.39 is 11.9 Å². The molecule has 7 heteroatoms. The zero-order valence-electron chi connectivity index (χ0n) is 16.1. The van der Waals surface area contributed by atoms with E-state index in [-0.39, 0.29) is 12.3 Å². The minimum atomic E-state index is -0.944. The largest absolute Gasteiger partial charge is 0.497 e. The van der Waals surface area contributed by atoms with Gasteiger partial charge >= 0.3 is 5.97 Å². The van der Waals surface area contributed by atoms with Crippen LogP contribution >= 0.6 is 0 Å². The number of amides is 1. The Morgan fingerprint density at radius 2 is 1.93 bits per heavy atom. The molecule has 7 nitrogen and oxygen atoms in total. The van der Waals surface area contributed by atoms with Crippen LogP contribution in [-0.4, -0.2) is 73.2 Å². The van der Waals surface area contributed by atoms with Crippen molar-refractivity contribution in [3.8, 4) is 5.75 Å². The molecule has 0 aromatic heterocycles. The van der Waals surface area contributed by atoms with Gasteiger partial charge in [0.25, 0.3) is 0 Å². The number of piperazine rings is 1. The second kappa shape index (κ2) is 10.1. The Labute approximate surface area is 160 Å². The molecule has 1 aliphatic heterocycles. The van der Waals surface area contributed by atoms with E-state index >= 15 is 0 Å². The fourth-order valence-corrected chi connectivity index (χ4v) is 3.19. The average Bonchev–Trinajstić information content (AvgIpc) is 2.62. The molecule has 2 N–H and O–H groups in total. The maximum atomic E-state index is 12.3. The van der Waals surface area contributed by atoms with Gasteiger partial charge in [-0.25, -0.2) is 0 Å². The highest BCUT2D eigenvalue weighted by molar-refractivity contribution is 5.93. The summed E-state index contributed by atoms with van der Waals surface area (Å²) < 4.78 is 5.13. The molecule has 1 aliphatic rings. The molecule has 1 aromatic rings. The molecule has 1 amide bonds. The maximum Gasteiger partial charge on any atom is 0.308 e. The summed E-state index contributed by atoms with van der Waals surface area (Å²) in [6.07, 6.45) is -0.0570. The molecule has 1 heterocycles. The molecule has 1 aromatic carbocycles. The van der Waals surface area contributed by atoms with Crippen LogP contribution in [0.15, 0.2) is 36.4 Å². The van der Waals surface area contributed by atoms with Crippen molar-refractivity contribution in [2.24, 2.45) is 5.92 Å². The second-order valence-electron chi connectivity index (χ2n) is 7.05. The van der Waals surface area contributed by atoms with Gasteiger partial charge in [-0.2, -0.15) is 0 Å². The molecule has 0 radical (unpaired) electrons. The number of benzene rings is 1. The number of nitrogens with one attached hydrogen (secondary N) is 1. The molecule has 0 unspecified atom stereocenters. The van der Waals surface area contributed by atoms with Gasteiger partial charge in [-0.15, -0.1) is 0 Å². The molecule has 0 spiro atoms. The van der Waals surface area contributed by atoms with Gasteiger partial charge in [0.05, 0.1) is 13.0 Å². The molecular formula is C20H29N3O4. The summed E-state index contributed by atoms with van der Waals surface area (Å²) in [6, 6.07) is 7.00. The molecule has 0 saturated carbocycles. The second-order valence-corrected chi connectivity index (χ2v) is 7.05. The lowest BCUT2D eigenvalue weighted by atomic mass is 10.0. The number of rotatable bonds is 9. The lowest BCUT2D eigenvalue weighted by molar-refractivity contribution is -0.144. The lowest BCUT2D eigenvalue weighted by Crippen LogP contribution is -2.49. The number of nitrogens with zero attached hydrogens (tertiary/aromatic N) is 2. The summed E-state index contributed by atoms with van der Waals surface area (Å²) in [5, 5.41) is 12.3. The third-order valence-electron chi connectivity index (χ3n) is 4.57. The van der Waals surface area contributed by atoms with Crippen LogP contribution < -0.4 is 10.1 Å². The monoisotopic (exact) mass is 375 g/mol. The van der Waals surface area contributed by atoms with E-state index in [1.807, 2.05) is 6.92 Å². The van der Waals surface area contributed by atoms with Gasteiger partial charge in [0.15, 0.2) is 0 Å². The molecule has 0 aliphatic carbocycles. The van der Waals surface area contributed by atoms with Crippen LogP contribution in [-0.2, 0) is 9.59 Å². The highest BCUT2D eigenvalue weighted by Crippen LogP contribution is 2.18. The minimum Gasteiger partial charge on any atom is -0.497 e. The quantitative estimate of drug-likeness (QED) is 0.642. The van der Waals surface area contributed by atoms with Crippen molar-refractivity contribution in [1.29, 1.82) is 0 Å². The van der Waals surface area contributed by atoms with Crippen molar-refractivity contribution in [3.05, 3.63) is 36.4 Å². The van der Waals surface area contributed by atoms with Gasteiger partial charge < -0.3 is 15.2 Å². The Morgan fingerprint density at radius 3 is 2.52 bits per heavy atom. The van der Waals surface area contributed by atoms with Gasteiger partial charge in [-0.3, -0.25) is 19.4 Å². The number of carbonyl (C=O) groups is 2. The molecule has 1 saturated heterocycles.